The number of hydrogen-bond acceptors (Lipinski definition) is 7. The number of aromatic amines is 1. The molecule has 2 aliphatic heterocycles. The topological polar surface area (TPSA) is 132 Å². The summed E-state index contributed by atoms with van der Waals surface area (Å²) in [5.74, 6) is -0.220. The van der Waals surface area contributed by atoms with Crippen molar-refractivity contribution < 1.29 is 18.4 Å². The van der Waals surface area contributed by atoms with Gasteiger partial charge in [-0.25, -0.2) is 8.42 Å². The fourth-order valence-electron chi connectivity index (χ4n) is 3.72. The maximum Gasteiger partial charge on any atom is 0.273 e. The molecule has 2 aliphatic rings. The number of aromatic nitrogens is 3. The van der Waals surface area contributed by atoms with Crippen LogP contribution in [0.3, 0.4) is 0 Å². The van der Waals surface area contributed by atoms with E-state index in [0.717, 1.165) is 0 Å². The van der Waals surface area contributed by atoms with E-state index < -0.39 is 10.0 Å². The summed E-state index contributed by atoms with van der Waals surface area (Å²) in [7, 11) is -3.67. The number of anilines is 1. The summed E-state index contributed by atoms with van der Waals surface area (Å²) in [5, 5.41) is 18.6. The molecule has 3 heterocycles. The number of likely N-dealkylation sites (tertiary alicyclic amines) is 1. The largest absolute Gasteiger partial charge is 0.334 e. The fraction of sp³-hybridized carbons (Fsp3) is 0.400. The van der Waals surface area contributed by atoms with Crippen LogP contribution < -0.4 is 5.48 Å². The highest BCUT2D eigenvalue weighted by Gasteiger charge is 2.47. The third-order valence-corrected chi connectivity index (χ3v) is 6.93. The van der Waals surface area contributed by atoms with E-state index in [2.05, 4.69) is 15.4 Å². The van der Waals surface area contributed by atoms with E-state index in [1.807, 2.05) is 5.48 Å². The van der Waals surface area contributed by atoms with Crippen molar-refractivity contribution in [3.8, 4) is 0 Å². The first-order valence-electron chi connectivity index (χ1n) is 8.20. The lowest BCUT2D eigenvalue weighted by molar-refractivity contribution is 0.0609. The van der Waals surface area contributed by atoms with Gasteiger partial charge in [0.25, 0.3) is 5.91 Å². The second-order valence-corrected chi connectivity index (χ2v) is 8.28. The number of H-pyrrole nitrogens is 1. The number of piperazine rings is 1. The summed E-state index contributed by atoms with van der Waals surface area (Å²) in [6.07, 6.45) is 2.79. The third kappa shape index (κ3) is 2.73. The molecule has 11 heteroatoms. The van der Waals surface area contributed by atoms with Gasteiger partial charge in [-0.3, -0.25) is 20.6 Å². The molecule has 2 atom stereocenters. The minimum Gasteiger partial charge on any atom is -0.334 e. The molecule has 2 bridgehead atoms. The highest BCUT2D eigenvalue weighted by atomic mass is 32.2. The summed E-state index contributed by atoms with van der Waals surface area (Å²) in [6.45, 7) is 0.674. The molecule has 2 saturated heterocycles. The van der Waals surface area contributed by atoms with Crippen LogP contribution in [-0.2, 0) is 10.0 Å². The molecule has 138 valence electrons. The van der Waals surface area contributed by atoms with Crippen LogP contribution in [-0.4, -0.2) is 69.3 Å². The Labute approximate surface area is 149 Å². The lowest BCUT2D eigenvalue weighted by atomic mass is 10.2. The van der Waals surface area contributed by atoms with Crippen LogP contribution in [0, 0.1) is 0 Å². The minimum atomic E-state index is -3.67. The van der Waals surface area contributed by atoms with Crippen LogP contribution in [0.2, 0.25) is 0 Å². The molecule has 0 radical (unpaired) electrons. The maximum atomic E-state index is 13.1. The highest BCUT2D eigenvalue weighted by molar-refractivity contribution is 7.89. The number of sulfonamides is 1. The van der Waals surface area contributed by atoms with E-state index in [-0.39, 0.29) is 22.9 Å². The molecule has 2 aromatic rings. The smallest absolute Gasteiger partial charge is 0.273 e. The second-order valence-electron chi connectivity index (χ2n) is 6.44. The Morgan fingerprint density at radius 3 is 2.38 bits per heavy atom. The SMILES string of the molecule is O=C(c1cnn[nH]1)N1CC2CCC(C1)N2S(=O)(=O)c1ccc(NO)cc1. The van der Waals surface area contributed by atoms with Gasteiger partial charge in [-0.05, 0) is 37.1 Å². The Morgan fingerprint density at radius 2 is 1.85 bits per heavy atom. The number of nitrogens with one attached hydrogen (secondary N) is 2. The monoisotopic (exact) mass is 378 g/mol. The van der Waals surface area contributed by atoms with E-state index in [9.17, 15) is 13.2 Å². The van der Waals surface area contributed by atoms with Crippen molar-refractivity contribution >= 4 is 21.6 Å². The van der Waals surface area contributed by atoms with E-state index in [4.69, 9.17) is 5.21 Å². The van der Waals surface area contributed by atoms with Gasteiger partial charge in [0.2, 0.25) is 10.0 Å². The van der Waals surface area contributed by atoms with Gasteiger partial charge in [0.05, 0.1) is 16.8 Å². The van der Waals surface area contributed by atoms with Crippen molar-refractivity contribution in [3.63, 3.8) is 0 Å². The van der Waals surface area contributed by atoms with Crippen molar-refractivity contribution in [2.45, 2.75) is 29.8 Å². The average molecular weight is 378 g/mol. The lowest BCUT2D eigenvalue weighted by Crippen LogP contribution is -2.57. The molecular formula is C15H18N6O4S. The quantitative estimate of drug-likeness (QED) is 0.651. The van der Waals surface area contributed by atoms with Crippen molar-refractivity contribution in [3.05, 3.63) is 36.2 Å². The Bertz CT molecular complexity index is 885. The van der Waals surface area contributed by atoms with E-state index in [1.165, 1.54) is 34.8 Å². The first-order chi connectivity index (χ1) is 12.5. The van der Waals surface area contributed by atoms with Crippen molar-refractivity contribution in [1.82, 2.24) is 24.6 Å². The molecule has 2 unspecified atom stereocenters. The molecule has 10 nitrogen and oxygen atoms in total. The number of nitrogens with zero attached hydrogens (tertiary/aromatic N) is 4. The van der Waals surface area contributed by atoms with E-state index in [0.29, 0.717) is 37.3 Å². The molecule has 4 rings (SSSR count). The molecule has 0 spiro atoms. The van der Waals surface area contributed by atoms with E-state index >= 15 is 0 Å². The van der Waals surface area contributed by atoms with Crippen LogP contribution in [0.1, 0.15) is 23.3 Å². The van der Waals surface area contributed by atoms with Gasteiger partial charge < -0.3 is 4.90 Å². The molecule has 1 aromatic heterocycles. The second kappa shape index (κ2) is 6.34. The van der Waals surface area contributed by atoms with Crippen molar-refractivity contribution in [2.24, 2.45) is 0 Å². The number of carbonyl (C=O) groups is 1. The molecule has 3 N–H and O–H groups in total. The Hall–Kier alpha value is -2.50. The molecule has 1 aromatic carbocycles. The predicted molar refractivity (Wildman–Crippen MR) is 90.0 cm³/mol. The Balaban J connectivity index is 1.56. The number of carbonyl (C=O) groups excluding carboxylic acids is 1. The van der Waals surface area contributed by atoms with Crippen LogP contribution in [0.15, 0.2) is 35.4 Å². The van der Waals surface area contributed by atoms with Gasteiger partial charge in [-0.1, -0.05) is 5.21 Å². The molecule has 1 amide bonds. The standard InChI is InChI=1S/C15H18N6O4S/c22-15(14-7-16-19-17-14)20-8-11-3-4-12(9-20)21(11)26(24,25)13-5-1-10(18-23)2-6-13/h1-2,5-7,11-12,18,23H,3-4,8-9H2,(H,16,17,19). The van der Waals surface area contributed by atoms with Crippen LogP contribution >= 0.6 is 0 Å². The van der Waals surface area contributed by atoms with Gasteiger partial charge in [-0.2, -0.15) is 4.31 Å². The van der Waals surface area contributed by atoms with Gasteiger partial charge >= 0.3 is 0 Å². The molecule has 0 aliphatic carbocycles. The fourth-order valence-corrected chi connectivity index (χ4v) is 5.57. The lowest BCUT2D eigenvalue weighted by Gasteiger charge is -2.39. The number of amides is 1. The van der Waals surface area contributed by atoms with Gasteiger partial charge in [-0.15, -0.1) is 5.10 Å². The molecular weight excluding hydrogens is 360 g/mol. The summed E-state index contributed by atoms with van der Waals surface area (Å²) < 4.78 is 27.7. The first-order valence-corrected chi connectivity index (χ1v) is 9.64. The van der Waals surface area contributed by atoms with Gasteiger partial charge in [0.15, 0.2) is 0 Å². The van der Waals surface area contributed by atoms with Crippen LogP contribution in [0.25, 0.3) is 0 Å². The number of benzene rings is 1. The Kier molecular flexibility index (Phi) is 4.13. The van der Waals surface area contributed by atoms with Gasteiger partial charge in [0.1, 0.15) is 5.69 Å². The minimum absolute atomic E-state index is 0.172. The van der Waals surface area contributed by atoms with Crippen LogP contribution in [0.4, 0.5) is 5.69 Å². The zero-order valence-electron chi connectivity index (χ0n) is 13.7. The van der Waals surface area contributed by atoms with E-state index in [1.54, 1.807) is 4.90 Å². The summed E-state index contributed by atoms with van der Waals surface area (Å²) >= 11 is 0. The summed E-state index contributed by atoms with van der Waals surface area (Å²) in [6, 6.07) is 5.41. The number of hydrogen-bond donors (Lipinski definition) is 3. The average Bonchev–Trinajstić information content (AvgIpc) is 3.28. The zero-order valence-corrected chi connectivity index (χ0v) is 14.6. The normalized spacial score (nSPS) is 23.2. The van der Waals surface area contributed by atoms with Crippen molar-refractivity contribution in [1.29, 1.82) is 0 Å². The summed E-state index contributed by atoms with van der Waals surface area (Å²) in [4.78, 5) is 14.3. The molecule has 26 heavy (non-hydrogen) atoms. The third-order valence-electron chi connectivity index (χ3n) is 4.91. The van der Waals surface area contributed by atoms with Crippen molar-refractivity contribution in [2.75, 3.05) is 18.6 Å². The van der Waals surface area contributed by atoms with Gasteiger partial charge in [0, 0.05) is 25.2 Å². The maximum absolute atomic E-state index is 13.1. The first kappa shape index (κ1) is 16.9. The van der Waals surface area contributed by atoms with Crippen LogP contribution in [0.5, 0.6) is 0 Å². The zero-order chi connectivity index (χ0) is 18.3. The number of fused-ring (bicyclic) bond motifs is 2. The summed E-state index contributed by atoms with van der Waals surface area (Å²) in [5.41, 5.74) is 2.69. The predicted octanol–water partition coefficient (Wildman–Crippen LogP) is 0.283. The number of rotatable bonds is 4. The molecule has 2 fully saturated rings. The highest BCUT2D eigenvalue weighted by Crippen LogP contribution is 2.35. The Morgan fingerprint density at radius 1 is 1.19 bits per heavy atom. The molecule has 0 saturated carbocycles.